The number of carbonyl (C=O) groups excluding carboxylic acids is 1. The topological polar surface area (TPSA) is 92.3 Å². The number of aryl methyl sites for hydroxylation is 1. The first-order valence-corrected chi connectivity index (χ1v) is 9.39. The molecule has 30 heavy (non-hydrogen) atoms. The summed E-state index contributed by atoms with van der Waals surface area (Å²) < 4.78 is 39.8. The molecule has 1 aliphatic rings. The van der Waals surface area contributed by atoms with E-state index in [1.807, 2.05) is 13.0 Å². The predicted molar refractivity (Wildman–Crippen MR) is 105 cm³/mol. The summed E-state index contributed by atoms with van der Waals surface area (Å²) >= 11 is 0. The van der Waals surface area contributed by atoms with Gasteiger partial charge in [-0.2, -0.15) is 5.26 Å². The summed E-state index contributed by atoms with van der Waals surface area (Å²) in [5, 5.41) is 12.2. The zero-order valence-electron chi connectivity index (χ0n) is 17.0. The van der Waals surface area contributed by atoms with Crippen LogP contribution in [0.5, 0.6) is 0 Å². The van der Waals surface area contributed by atoms with E-state index in [0.717, 1.165) is 12.1 Å². The molecule has 1 N–H and O–H groups in total. The molecule has 0 amide bonds. The van der Waals surface area contributed by atoms with Gasteiger partial charge >= 0.3 is 5.97 Å². The molecule has 1 aromatic heterocycles. The fourth-order valence-corrected chi connectivity index (χ4v) is 3.62. The summed E-state index contributed by atoms with van der Waals surface area (Å²) in [4.78, 5) is 25.2. The average molecular weight is 414 g/mol. The van der Waals surface area contributed by atoms with Crippen molar-refractivity contribution in [2.45, 2.75) is 40.0 Å². The molecule has 1 atom stereocenters. The predicted octanol–water partition coefficient (Wildman–Crippen LogP) is 4.09. The fraction of sp³-hybridized carbons (Fsp3) is 0.318. The van der Waals surface area contributed by atoms with E-state index in [1.54, 1.807) is 13.8 Å². The second-order valence-corrected chi connectivity index (χ2v) is 7.07. The monoisotopic (exact) mass is 414 g/mol. The van der Waals surface area contributed by atoms with Crippen LogP contribution in [-0.2, 0) is 9.53 Å². The van der Waals surface area contributed by atoms with E-state index in [2.05, 4.69) is 5.32 Å². The van der Waals surface area contributed by atoms with Crippen molar-refractivity contribution in [3.63, 3.8) is 0 Å². The van der Waals surface area contributed by atoms with Gasteiger partial charge in [-0.25, -0.2) is 13.6 Å². The van der Waals surface area contributed by atoms with Gasteiger partial charge in [0.25, 0.3) is 0 Å². The molecule has 3 rings (SSSR count). The second kappa shape index (κ2) is 8.11. The zero-order valence-corrected chi connectivity index (χ0v) is 17.0. The molecule has 0 aliphatic carbocycles. The normalized spacial score (nSPS) is 16.5. The highest BCUT2D eigenvalue weighted by atomic mass is 19.2. The smallest absolute Gasteiger partial charge is 0.336 e. The Kier molecular flexibility index (Phi) is 5.74. The molecule has 2 heterocycles. The van der Waals surface area contributed by atoms with E-state index < -0.39 is 34.3 Å². The number of halogens is 2. The third-order valence-corrected chi connectivity index (χ3v) is 4.89. The maximum Gasteiger partial charge on any atom is 0.336 e. The van der Waals surface area contributed by atoms with Crippen molar-refractivity contribution in [3.8, 4) is 6.07 Å². The third-order valence-electron chi connectivity index (χ3n) is 4.89. The van der Waals surface area contributed by atoms with E-state index >= 15 is 0 Å². The number of nitriles is 1. The molecule has 2 aromatic rings. The number of dihydropyridines is 1. The number of ether oxygens (including phenoxy) is 1. The van der Waals surface area contributed by atoms with Gasteiger partial charge in [-0.3, -0.25) is 4.79 Å². The molecule has 0 bridgehead atoms. The molecule has 0 radical (unpaired) electrons. The van der Waals surface area contributed by atoms with Crippen LogP contribution < -0.4 is 10.7 Å². The van der Waals surface area contributed by atoms with Gasteiger partial charge in [0.1, 0.15) is 16.7 Å². The molecule has 156 valence electrons. The Balaban J connectivity index is 2.40. The Hall–Kier alpha value is -3.47. The maximum atomic E-state index is 14.5. The van der Waals surface area contributed by atoms with E-state index in [-0.39, 0.29) is 34.7 Å². The lowest BCUT2D eigenvalue weighted by molar-refractivity contribution is -0.139. The van der Waals surface area contributed by atoms with E-state index in [4.69, 9.17) is 9.15 Å². The van der Waals surface area contributed by atoms with Crippen LogP contribution in [0, 0.1) is 29.9 Å². The quantitative estimate of drug-likeness (QED) is 0.758. The number of fused-ring (bicyclic) bond motifs is 1. The number of nitrogens with zero attached hydrogens (tertiary/aromatic N) is 1. The Morgan fingerprint density at radius 3 is 2.60 bits per heavy atom. The standard InChI is InChI=1S/C22H20F2N2O4/c1-5-6-29-22(28)17-12(4)26-11(3)14(9-25)18(17)13-8-15(23)20(24)19-16(27)7-10(2)30-21(13)19/h7-8,18,26H,5-6H2,1-4H3. The first-order chi connectivity index (χ1) is 14.2. The lowest BCUT2D eigenvalue weighted by Gasteiger charge is -2.29. The SMILES string of the molecule is CCCOC(=O)C1=C(C)NC(C)=C(C#N)C1c1cc(F)c(F)c2c(=O)cc(C)oc12. The average Bonchev–Trinajstić information content (AvgIpc) is 2.67. The summed E-state index contributed by atoms with van der Waals surface area (Å²) in [7, 11) is 0. The lowest BCUT2D eigenvalue weighted by atomic mass is 9.80. The first-order valence-electron chi connectivity index (χ1n) is 9.39. The summed E-state index contributed by atoms with van der Waals surface area (Å²) in [6.07, 6.45) is 0.582. The number of carbonyl (C=O) groups is 1. The van der Waals surface area contributed by atoms with E-state index in [9.17, 15) is 23.6 Å². The molecule has 1 aromatic carbocycles. The Morgan fingerprint density at radius 1 is 1.27 bits per heavy atom. The van der Waals surface area contributed by atoms with Crippen molar-refractivity contribution >= 4 is 16.9 Å². The number of benzene rings is 1. The highest BCUT2D eigenvalue weighted by Crippen LogP contribution is 2.41. The molecule has 0 fully saturated rings. The number of esters is 1. The second-order valence-electron chi connectivity index (χ2n) is 7.07. The zero-order chi connectivity index (χ0) is 22.2. The lowest BCUT2D eigenvalue weighted by Crippen LogP contribution is -2.29. The third kappa shape index (κ3) is 3.47. The first kappa shape index (κ1) is 21.2. The summed E-state index contributed by atoms with van der Waals surface area (Å²) in [6.45, 7) is 6.73. The van der Waals surface area contributed by atoms with Crippen LogP contribution in [-0.4, -0.2) is 12.6 Å². The van der Waals surface area contributed by atoms with Crippen LogP contribution in [0.1, 0.15) is 44.4 Å². The number of hydrogen-bond donors (Lipinski definition) is 1. The minimum atomic E-state index is -1.34. The summed E-state index contributed by atoms with van der Waals surface area (Å²) in [5.74, 6) is -4.22. The van der Waals surface area contributed by atoms with Crippen LogP contribution in [0.2, 0.25) is 0 Å². The van der Waals surface area contributed by atoms with Gasteiger partial charge in [0.15, 0.2) is 17.1 Å². The number of nitrogens with one attached hydrogen (secondary N) is 1. The molecule has 8 heteroatoms. The van der Waals surface area contributed by atoms with Gasteiger partial charge in [-0.1, -0.05) is 6.92 Å². The maximum absolute atomic E-state index is 14.5. The van der Waals surface area contributed by atoms with Gasteiger partial charge < -0.3 is 14.5 Å². The van der Waals surface area contributed by atoms with Gasteiger partial charge in [0, 0.05) is 23.0 Å². The summed E-state index contributed by atoms with van der Waals surface area (Å²) in [5.41, 5.74) is 0.0776. The Morgan fingerprint density at radius 2 is 1.97 bits per heavy atom. The summed E-state index contributed by atoms with van der Waals surface area (Å²) in [6, 6.07) is 3.95. The van der Waals surface area contributed by atoms with Crippen molar-refractivity contribution in [2.24, 2.45) is 0 Å². The highest BCUT2D eigenvalue weighted by Gasteiger charge is 2.37. The number of allylic oxidation sites excluding steroid dienone is 3. The van der Waals surface area contributed by atoms with Crippen molar-refractivity contribution in [2.75, 3.05) is 6.61 Å². The molecule has 0 saturated carbocycles. The van der Waals surface area contributed by atoms with Gasteiger partial charge in [0.05, 0.1) is 29.7 Å². The van der Waals surface area contributed by atoms with Crippen molar-refractivity contribution < 1.29 is 22.7 Å². The van der Waals surface area contributed by atoms with Crippen molar-refractivity contribution in [1.82, 2.24) is 5.32 Å². The fourth-order valence-electron chi connectivity index (χ4n) is 3.62. The van der Waals surface area contributed by atoms with E-state index in [1.165, 1.54) is 6.92 Å². The van der Waals surface area contributed by atoms with Gasteiger partial charge in [-0.15, -0.1) is 0 Å². The van der Waals surface area contributed by atoms with Crippen LogP contribution in [0.25, 0.3) is 11.0 Å². The largest absolute Gasteiger partial charge is 0.462 e. The number of hydrogen-bond acceptors (Lipinski definition) is 6. The van der Waals surface area contributed by atoms with Crippen LogP contribution >= 0.6 is 0 Å². The minimum absolute atomic E-state index is 0.00454. The molecule has 0 saturated heterocycles. The van der Waals surface area contributed by atoms with Gasteiger partial charge in [-0.05, 0) is 33.3 Å². The Bertz CT molecular complexity index is 1220. The molecule has 1 unspecified atom stereocenters. The van der Waals surface area contributed by atoms with Crippen LogP contribution in [0.4, 0.5) is 8.78 Å². The highest BCUT2D eigenvalue weighted by molar-refractivity contribution is 5.95. The molecular formula is C22H20F2N2O4. The molecule has 0 spiro atoms. The molecule has 1 aliphatic heterocycles. The van der Waals surface area contributed by atoms with E-state index in [0.29, 0.717) is 17.8 Å². The van der Waals surface area contributed by atoms with Gasteiger partial charge in [0.2, 0.25) is 0 Å². The minimum Gasteiger partial charge on any atom is -0.462 e. The molecule has 6 nitrogen and oxygen atoms in total. The van der Waals surface area contributed by atoms with Crippen molar-refractivity contribution in [3.05, 3.63) is 67.9 Å². The van der Waals surface area contributed by atoms with Crippen LogP contribution in [0.3, 0.4) is 0 Å². The number of rotatable bonds is 4. The molecular weight excluding hydrogens is 394 g/mol. The van der Waals surface area contributed by atoms with Crippen LogP contribution in [0.15, 0.2) is 43.9 Å². The Labute approximate surface area is 171 Å². The van der Waals surface area contributed by atoms with Crippen molar-refractivity contribution in [1.29, 1.82) is 5.26 Å².